The van der Waals surface area contributed by atoms with Crippen LogP contribution in [-0.2, 0) is 0 Å². The highest BCUT2D eigenvalue weighted by Crippen LogP contribution is 2.23. The lowest BCUT2D eigenvalue weighted by atomic mass is 10.0. The summed E-state index contributed by atoms with van der Waals surface area (Å²) in [6.45, 7) is -0.365. The molecule has 0 aromatic carbocycles. The molecule has 0 amide bonds. The zero-order chi connectivity index (χ0) is 13.9. The van der Waals surface area contributed by atoms with E-state index in [-0.39, 0.29) is 18.8 Å². The van der Waals surface area contributed by atoms with E-state index in [1.807, 2.05) is 0 Å². The Bertz CT molecular complexity index is 448. The normalized spacial score (nSPS) is 25.0. The maximum absolute atomic E-state index is 10.7. The maximum Gasteiger partial charge on any atom is 0.315 e. The van der Waals surface area contributed by atoms with E-state index < -0.39 is 33.7 Å². The molecule has 1 unspecified atom stereocenters. The number of aliphatic hydroxyl groups is 2. The smallest absolute Gasteiger partial charge is 0.315 e. The second-order valence-corrected chi connectivity index (χ2v) is 3.19. The summed E-state index contributed by atoms with van der Waals surface area (Å²) in [6.07, 6.45) is -0.0460. The van der Waals surface area contributed by atoms with E-state index in [0.29, 0.717) is 6.08 Å². The van der Waals surface area contributed by atoms with E-state index >= 15 is 0 Å². The molecule has 1 aliphatic carbocycles. The minimum atomic E-state index is -2.41. The van der Waals surface area contributed by atoms with Gasteiger partial charge in [-0.2, -0.15) is 0 Å². The van der Waals surface area contributed by atoms with Gasteiger partial charge in [-0.25, -0.2) is 0 Å². The standard InChI is InChI=1S/C8H11N3O6/c12-2-1-9-6-3-5(10(14)15)4-7(8(6)13)11(16)17/h4-5,9,12-13H,1-3H2/i5D. The van der Waals surface area contributed by atoms with E-state index in [0.717, 1.165) is 0 Å². The molecule has 0 radical (unpaired) electrons. The SMILES string of the molecule is [2H]C1([N+](=O)[O-])C=C([N+](=O)[O-])C(O)=C(NCCO)C1. The Morgan fingerprint density at radius 1 is 1.59 bits per heavy atom. The third kappa shape index (κ3) is 2.91. The summed E-state index contributed by atoms with van der Waals surface area (Å²) in [5.41, 5.74) is -1.10. The Hall–Kier alpha value is -2.16. The first-order valence-corrected chi connectivity index (χ1v) is 4.61. The summed E-state index contributed by atoms with van der Waals surface area (Å²) in [5, 5.41) is 42.0. The fourth-order valence-electron chi connectivity index (χ4n) is 1.31. The van der Waals surface area contributed by atoms with Crippen LogP contribution in [0.4, 0.5) is 0 Å². The molecular weight excluding hydrogens is 234 g/mol. The Labute approximate surface area is 96.8 Å². The van der Waals surface area contributed by atoms with Crippen LogP contribution in [0.2, 0.25) is 0 Å². The van der Waals surface area contributed by atoms with Gasteiger partial charge in [0.15, 0.2) is 0 Å². The van der Waals surface area contributed by atoms with Crippen LogP contribution >= 0.6 is 0 Å². The Morgan fingerprint density at radius 2 is 2.24 bits per heavy atom. The lowest BCUT2D eigenvalue weighted by Crippen LogP contribution is -2.30. The lowest BCUT2D eigenvalue weighted by molar-refractivity contribution is -0.512. The number of hydrogen-bond acceptors (Lipinski definition) is 7. The van der Waals surface area contributed by atoms with Crippen molar-refractivity contribution in [2.24, 2.45) is 0 Å². The molecular formula is C8H11N3O6. The fourth-order valence-corrected chi connectivity index (χ4v) is 1.31. The van der Waals surface area contributed by atoms with Crippen molar-refractivity contribution in [1.29, 1.82) is 0 Å². The monoisotopic (exact) mass is 246 g/mol. The van der Waals surface area contributed by atoms with Crippen LogP contribution in [0.1, 0.15) is 7.79 Å². The van der Waals surface area contributed by atoms with E-state index in [2.05, 4.69) is 5.32 Å². The number of nitrogens with one attached hydrogen (secondary N) is 1. The summed E-state index contributed by atoms with van der Waals surface area (Å²) >= 11 is 0. The van der Waals surface area contributed by atoms with E-state index in [1.165, 1.54) is 0 Å². The van der Waals surface area contributed by atoms with Gasteiger partial charge in [0.2, 0.25) is 11.8 Å². The number of rotatable bonds is 5. The molecule has 1 atom stereocenters. The van der Waals surface area contributed by atoms with Gasteiger partial charge < -0.3 is 15.5 Å². The molecule has 0 heterocycles. The van der Waals surface area contributed by atoms with Gasteiger partial charge in [0.05, 0.1) is 29.7 Å². The van der Waals surface area contributed by atoms with Gasteiger partial charge in [0, 0.05) is 11.5 Å². The number of nitro groups is 2. The van der Waals surface area contributed by atoms with Gasteiger partial charge in [-0.3, -0.25) is 20.2 Å². The molecule has 0 saturated heterocycles. The molecule has 9 nitrogen and oxygen atoms in total. The second-order valence-electron chi connectivity index (χ2n) is 3.19. The summed E-state index contributed by atoms with van der Waals surface area (Å²) in [5.74, 6) is -0.752. The molecule has 17 heavy (non-hydrogen) atoms. The first-order chi connectivity index (χ1) is 8.31. The summed E-state index contributed by atoms with van der Waals surface area (Å²) < 4.78 is 7.53. The molecule has 0 saturated carbocycles. The quantitative estimate of drug-likeness (QED) is 0.440. The zero-order valence-electron chi connectivity index (χ0n) is 9.62. The van der Waals surface area contributed by atoms with Crippen LogP contribution in [0.15, 0.2) is 23.2 Å². The highest BCUT2D eigenvalue weighted by atomic mass is 16.6. The lowest BCUT2D eigenvalue weighted by Gasteiger charge is -2.16. The first kappa shape index (κ1) is 11.3. The second kappa shape index (κ2) is 5.25. The van der Waals surface area contributed by atoms with Gasteiger partial charge in [-0.15, -0.1) is 0 Å². The van der Waals surface area contributed by atoms with Crippen molar-refractivity contribution in [2.45, 2.75) is 12.4 Å². The van der Waals surface area contributed by atoms with E-state index in [4.69, 9.17) is 6.48 Å². The molecule has 0 bridgehead atoms. The Morgan fingerprint density at radius 3 is 2.71 bits per heavy atom. The van der Waals surface area contributed by atoms with Crippen LogP contribution in [-0.4, -0.2) is 39.2 Å². The van der Waals surface area contributed by atoms with Crippen molar-refractivity contribution in [1.82, 2.24) is 5.32 Å². The topological polar surface area (TPSA) is 139 Å². The number of aliphatic hydroxyl groups excluding tert-OH is 2. The summed E-state index contributed by atoms with van der Waals surface area (Å²) in [7, 11) is 0. The van der Waals surface area contributed by atoms with Crippen LogP contribution in [0.25, 0.3) is 0 Å². The van der Waals surface area contributed by atoms with Gasteiger partial charge in [-0.05, 0) is 0 Å². The molecule has 1 aliphatic rings. The predicted molar refractivity (Wildman–Crippen MR) is 55.2 cm³/mol. The Kier molecular flexibility index (Phi) is 3.50. The van der Waals surface area contributed by atoms with Crippen LogP contribution in [0.3, 0.4) is 0 Å². The van der Waals surface area contributed by atoms with Crippen LogP contribution < -0.4 is 5.32 Å². The zero-order valence-corrected chi connectivity index (χ0v) is 8.62. The largest absolute Gasteiger partial charge is 0.501 e. The average Bonchev–Trinajstić information content (AvgIpc) is 2.29. The van der Waals surface area contributed by atoms with Crippen LogP contribution in [0, 0.1) is 20.2 Å². The highest BCUT2D eigenvalue weighted by molar-refractivity contribution is 5.29. The molecule has 0 spiro atoms. The van der Waals surface area contributed by atoms with Crippen molar-refractivity contribution < 1.29 is 21.4 Å². The molecule has 9 heteroatoms. The molecule has 94 valence electrons. The van der Waals surface area contributed by atoms with Crippen molar-refractivity contribution in [3.05, 3.63) is 43.5 Å². The van der Waals surface area contributed by atoms with Crippen molar-refractivity contribution in [3.8, 4) is 0 Å². The summed E-state index contributed by atoms with van der Waals surface area (Å²) in [4.78, 5) is 19.4. The van der Waals surface area contributed by atoms with Gasteiger partial charge >= 0.3 is 5.70 Å². The van der Waals surface area contributed by atoms with Crippen molar-refractivity contribution >= 4 is 0 Å². The number of hydrogen-bond donors (Lipinski definition) is 3. The average molecular weight is 246 g/mol. The minimum Gasteiger partial charge on any atom is -0.501 e. The third-order valence-electron chi connectivity index (χ3n) is 2.07. The maximum atomic E-state index is 10.7. The molecule has 0 aromatic heterocycles. The predicted octanol–water partition coefficient (Wildman–Crippen LogP) is -0.453. The van der Waals surface area contributed by atoms with Crippen LogP contribution in [0.5, 0.6) is 0 Å². The molecule has 0 aliphatic heterocycles. The highest BCUT2D eigenvalue weighted by Gasteiger charge is 2.34. The van der Waals surface area contributed by atoms with Gasteiger partial charge in [0.25, 0.3) is 0 Å². The molecule has 1 rings (SSSR count). The minimum absolute atomic E-state index is 0.0435. The summed E-state index contributed by atoms with van der Waals surface area (Å²) in [6, 6.07) is -2.41. The fraction of sp³-hybridized carbons (Fsp3) is 0.500. The molecule has 0 aromatic rings. The molecule has 3 N–H and O–H groups in total. The first-order valence-electron chi connectivity index (χ1n) is 5.11. The van der Waals surface area contributed by atoms with E-state index in [9.17, 15) is 25.3 Å². The molecule has 0 fully saturated rings. The third-order valence-corrected chi connectivity index (χ3v) is 2.07. The van der Waals surface area contributed by atoms with Crippen molar-refractivity contribution in [2.75, 3.05) is 13.2 Å². The number of nitrogens with zero attached hydrogens (tertiary/aromatic N) is 2. The van der Waals surface area contributed by atoms with Gasteiger partial charge in [0.1, 0.15) is 1.37 Å². The van der Waals surface area contributed by atoms with Gasteiger partial charge in [-0.1, -0.05) is 0 Å². The van der Waals surface area contributed by atoms with E-state index in [1.54, 1.807) is 0 Å². The Balaban J connectivity index is 3.18. The van der Waals surface area contributed by atoms with Crippen molar-refractivity contribution in [3.63, 3.8) is 0 Å².